The molecule has 1 saturated heterocycles. The third-order valence-corrected chi connectivity index (χ3v) is 3.15. The summed E-state index contributed by atoms with van der Waals surface area (Å²) in [6.45, 7) is 3.48. The summed E-state index contributed by atoms with van der Waals surface area (Å²) in [6, 6.07) is 1.50. The van der Waals surface area contributed by atoms with Crippen LogP contribution in [0.5, 0.6) is 0 Å². The van der Waals surface area contributed by atoms with E-state index >= 15 is 0 Å². The monoisotopic (exact) mass is 274 g/mol. The Labute approximate surface area is 119 Å². The minimum Gasteiger partial charge on any atom is -0.398 e. The first-order valence-corrected chi connectivity index (χ1v) is 5.88. The van der Waals surface area contributed by atoms with Crippen LogP contribution < -0.4 is 11.1 Å². The van der Waals surface area contributed by atoms with E-state index in [2.05, 4.69) is 11.9 Å². The van der Waals surface area contributed by atoms with Gasteiger partial charge in [-0.05, 0) is 24.9 Å². The van der Waals surface area contributed by atoms with Crippen molar-refractivity contribution in [3.63, 3.8) is 0 Å². The fraction of sp³-hybridized carbons (Fsp3) is 0.214. The number of hydrogen-bond acceptors (Lipinski definition) is 4. The molecule has 1 aromatic carbocycles. The first kappa shape index (κ1) is 9.30. The quantitative estimate of drug-likeness (QED) is 0.581. The summed E-state index contributed by atoms with van der Waals surface area (Å²) < 4.78 is 24.4. The molecule has 20 heavy (non-hydrogen) atoms. The fourth-order valence-electron chi connectivity index (χ4n) is 2.23. The number of nitrogen functional groups attached to an aromatic ring is 1. The number of nitrogens with two attached hydrogens (primary N) is 1. The number of amides is 3. The second-order valence-corrected chi connectivity index (χ2v) is 4.48. The minimum absolute atomic E-state index is 0.0353. The van der Waals surface area contributed by atoms with Gasteiger partial charge in [0.1, 0.15) is 6.02 Å². The number of benzene rings is 1. The Hall–Kier alpha value is -2.63. The van der Waals surface area contributed by atoms with Gasteiger partial charge < -0.3 is 11.1 Å². The molecule has 3 N–H and O–H groups in total. The topological polar surface area (TPSA) is 92.5 Å². The van der Waals surface area contributed by atoms with Gasteiger partial charge in [-0.3, -0.25) is 19.3 Å². The normalized spacial score (nSPS) is 30.4. The van der Waals surface area contributed by atoms with E-state index in [4.69, 9.17) is 9.85 Å². The van der Waals surface area contributed by atoms with Gasteiger partial charge in [0.05, 0.1) is 12.5 Å². The van der Waals surface area contributed by atoms with Crippen LogP contribution in [0.15, 0.2) is 30.5 Å². The number of nitrogens with zero attached hydrogens (tertiary/aromatic N) is 1. The summed E-state index contributed by atoms with van der Waals surface area (Å²) >= 11 is 0. The standard InChI is InChI=1S/C14H13N3O3/c1-7-5-6-10(12(18)16-7)17-13(19)8-3-2-4-9(15)11(8)14(17)20/h2-4,10H,1,5-6,15H2,(H,16,18)/i6D2,10D. The molecule has 0 bridgehead atoms. The van der Waals surface area contributed by atoms with Gasteiger partial charge in [-0.1, -0.05) is 12.6 Å². The van der Waals surface area contributed by atoms with E-state index in [1.54, 1.807) is 0 Å². The fourth-order valence-corrected chi connectivity index (χ4v) is 2.23. The molecule has 1 atom stereocenters. The van der Waals surface area contributed by atoms with Gasteiger partial charge in [-0.2, -0.15) is 0 Å². The summed E-state index contributed by atoms with van der Waals surface area (Å²) in [5.74, 6) is -2.99. The lowest BCUT2D eigenvalue weighted by Crippen LogP contribution is -2.51. The molecule has 1 aromatic rings. The Morgan fingerprint density at radius 1 is 1.40 bits per heavy atom. The lowest BCUT2D eigenvalue weighted by molar-refractivity contribution is -0.125. The van der Waals surface area contributed by atoms with Crippen LogP contribution in [0, 0.1) is 0 Å². The van der Waals surface area contributed by atoms with Crippen molar-refractivity contribution >= 4 is 23.4 Å². The molecule has 0 radical (unpaired) electrons. The second-order valence-electron chi connectivity index (χ2n) is 4.48. The van der Waals surface area contributed by atoms with E-state index in [0.717, 1.165) is 0 Å². The van der Waals surface area contributed by atoms with E-state index in [1.165, 1.54) is 18.2 Å². The van der Waals surface area contributed by atoms with Crippen molar-refractivity contribution in [2.75, 3.05) is 5.73 Å². The van der Waals surface area contributed by atoms with Crippen LogP contribution in [-0.4, -0.2) is 28.6 Å². The van der Waals surface area contributed by atoms with Crippen molar-refractivity contribution in [2.45, 2.75) is 18.8 Å². The maximum absolute atomic E-state index is 12.6. The molecule has 6 heteroatoms. The van der Waals surface area contributed by atoms with Gasteiger partial charge >= 0.3 is 0 Å². The number of piperidine rings is 1. The van der Waals surface area contributed by atoms with E-state index < -0.39 is 30.1 Å². The highest BCUT2D eigenvalue weighted by Gasteiger charge is 2.44. The van der Waals surface area contributed by atoms with Crippen LogP contribution >= 0.6 is 0 Å². The van der Waals surface area contributed by atoms with Crippen molar-refractivity contribution < 1.29 is 18.5 Å². The van der Waals surface area contributed by atoms with Crippen LogP contribution in [0.1, 0.15) is 37.6 Å². The van der Waals surface area contributed by atoms with Crippen molar-refractivity contribution in [3.05, 3.63) is 41.6 Å². The molecule has 0 aromatic heterocycles. The first-order chi connectivity index (χ1) is 10.6. The predicted molar refractivity (Wildman–Crippen MR) is 71.7 cm³/mol. The molecule has 0 aliphatic carbocycles. The molecule has 3 amide bonds. The summed E-state index contributed by atoms with van der Waals surface area (Å²) in [4.78, 5) is 37.7. The number of nitrogens with one attached hydrogen (secondary N) is 1. The number of allylic oxidation sites excluding steroid dienone is 1. The van der Waals surface area contributed by atoms with Crippen molar-refractivity contribution in [3.8, 4) is 0 Å². The van der Waals surface area contributed by atoms with Gasteiger partial charge in [0, 0.05) is 14.1 Å². The molecule has 0 spiro atoms. The molecule has 6 nitrogen and oxygen atoms in total. The molecular weight excluding hydrogens is 258 g/mol. The SMILES string of the molecule is [2H]C1([2H])CC(=C)NC(=O)C1([2H])N1C(=O)c2cccc(N)c2C1=O. The van der Waals surface area contributed by atoms with Gasteiger partial charge in [0.25, 0.3) is 11.8 Å². The number of hydrogen-bond donors (Lipinski definition) is 2. The van der Waals surface area contributed by atoms with Crippen LogP contribution in [0.3, 0.4) is 0 Å². The zero-order valence-electron chi connectivity index (χ0n) is 13.4. The molecular formula is C14H13N3O3. The number of rotatable bonds is 1. The molecule has 0 saturated carbocycles. The maximum Gasteiger partial charge on any atom is 0.264 e. The maximum atomic E-state index is 12.6. The van der Waals surface area contributed by atoms with Crippen molar-refractivity contribution in [1.29, 1.82) is 0 Å². The highest BCUT2D eigenvalue weighted by atomic mass is 16.2. The highest BCUT2D eigenvalue weighted by molar-refractivity contribution is 6.25. The Morgan fingerprint density at radius 2 is 2.15 bits per heavy atom. The number of carbonyl (C=O) groups is 3. The third kappa shape index (κ3) is 1.61. The summed E-state index contributed by atoms with van der Waals surface area (Å²) in [5, 5.41) is 2.25. The zero-order chi connectivity index (χ0) is 17.2. The summed E-state index contributed by atoms with van der Waals surface area (Å²) in [6.07, 6.45) is -2.88. The van der Waals surface area contributed by atoms with Crippen LogP contribution in [0.2, 0.25) is 0 Å². The van der Waals surface area contributed by atoms with Crippen molar-refractivity contribution in [1.82, 2.24) is 10.2 Å². The van der Waals surface area contributed by atoms with Crippen LogP contribution in [0.4, 0.5) is 5.69 Å². The highest BCUT2D eigenvalue weighted by Crippen LogP contribution is 2.31. The first-order valence-electron chi connectivity index (χ1n) is 7.38. The van der Waals surface area contributed by atoms with E-state index in [9.17, 15) is 14.4 Å². The molecule has 2 heterocycles. The lowest BCUT2D eigenvalue weighted by Gasteiger charge is -2.29. The summed E-state index contributed by atoms with van der Waals surface area (Å²) in [7, 11) is 0. The van der Waals surface area contributed by atoms with Gasteiger partial charge in [0.2, 0.25) is 5.91 Å². The Balaban J connectivity index is 2.18. The van der Waals surface area contributed by atoms with E-state index in [0.29, 0.717) is 4.90 Å². The van der Waals surface area contributed by atoms with Crippen LogP contribution in [0.25, 0.3) is 0 Å². The van der Waals surface area contributed by atoms with Gasteiger partial charge in [-0.25, -0.2) is 0 Å². The molecule has 2 aliphatic rings. The van der Waals surface area contributed by atoms with E-state index in [1.807, 2.05) is 0 Å². The molecule has 3 rings (SSSR count). The smallest absolute Gasteiger partial charge is 0.264 e. The molecule has 1 fully saturated rings. The Morgan fingerprint density at radius 3 is 2.80 bits per heavy atom. The summed E-state index contributed by atoms with van der Waals surface area (Å²) in [5.41, 5.74) is 5.67. The Bertz CT molecular complexity index is 793. The van der Waals surface area contributed by atoms with Crippen molar-refractivity contribution in [2.24, 2.45) is 0 Å². The van der Waals surface area contributed by atoms with E-state index in [-0.39, 0.29) is 28.9 Å². The number of imide groups is 1. The molecule has 2 aliphatic heterocycles. The number of fused-ring (bicyclic) bond motifs is 1. The van der Waals surface area contributed by atoms with Crippen LogP contribution in [-0.2, 0) is 4.79 Å². The Kier molecular flexibility index (Phi) is 1.95. The average Bonchev–Trinajstić information content (AvgIpc) is 2.69. The lowest BCUT2D eigenvalue weighted by atomic mass is 10.0. The van der Waals surface area contributed by atoms with Gasteiger partial charge in [-0.15, -0.1) is 0 Å². The minimum atomic E-state index is -2.74. The predicted octanol–water partition coefficient (Wildman–Crippen LogP) is 0.657. The average molecular weight is 274 g/mol. The zero-order valence-corrected chi connectivity index (χ0v) is 10.4. The van der Waals surface area contributed by atoms with Gasteiger partial charge in [0.15, 0.2) is 0 Å². The second kappa shape index (κ2) is 4.19. The number of anilines is 1. The largest absolute Gasteiger partial charge is 0.398 e. The number of carbonyl (C=O) groups excluding carboxylic acids is 3. The third-order valence-electron chi connectivity index (χ3n) is 3.15. The molecule has 102 valence electrons. The molecule has 1 unspecified atom stereocenters.